The van der Waals surface area contributed by atoms with E-state index in [4.69, 9.17) is 5.84 Å². The standard InChI is InChI=1S/C10H16BrN5O3S/c1-2-3-13-9(17)6-15-20(18,19)8-4-7(11)5-14-10(8)16-12/h4-5,15H,2-3,6,12H2,1H3,(H,13,17)(H,14,16). The quantitative estimate of drug-likeness (QED) is 0.395. The molecule has 112 valence electrons. The summed E-state index contributed by atoms with van der Waals surface area (Å²) >= 11 is 3.13. The lowest BCUT2D eigenvalue weighted by Gasteiger charge is -2.10. The van der Waals surface area contributed by atoms with Crippen molar-refractivity contribution in [3.05, 3.63) is 16.7 Å². The number of sulfonamides is 1. The molecule has 1 aromatic heterocycles. The van der Waals surface area contributed by atoms with Crippen molar-refractivity contribution in [1.82, 2.24) is 15.0 Å². The molecule has 0 bridgehead atoms. The van der Waals surface area contributed by atoms with E-state index in [-0.39, 0.29) is 17.3 Å². The van der Waals surface area contributed by atoms with Crippen molar-refractivity contribution in [3.63, 3.8) is 0 Å². The molecule has 0 aliphatic heterocycles. The molecule has 8 nitrogen and oxygen atoms in total. The third-order valence-corrected chi connectivity index (χ3v) is 4.09. The van der Waals surface area contributed by atoms with Crippen LogP contribution in [-0.4, -0.2) is 32.4 Å². The van der Waals surface area contributed by atoms with E-state index < -0.39 is 15.9 Å². The molecule has 5 N–H and O–H groups in total. The van der Waals surface area contributed by atoms with Crippen LogP contribution in [-0.2, 0) is 14.8 Å². The third kappa shape index (κ3) is 4.71. The maximum absolute atomic E-state index is 12.1. The van der Waals surface area contributed by atoms with Gasteiger partial charge in [0.25, 0.3) is 0 Å². The summed E-state index contributed by atoms with van der Waals surface area (Å²) in [4.78, 5) is 15.1. The molecule has 0 unspecified atom stereocenters. The SMILES string of the molecule is CCCNC(=O)CNS(=O)(=O)c1cc(Br)cnc1NN. The Morgan fingerprint density at radius 2 is 2.20 bits per heavy atom. The van der Waals surface area contributed by atoms with Gasteiger partial charge in [-0.3, -0.25) is 4.79 Å². The zero-order chi connectivity index (χ0) is 15.2. The molecule has 0 radical (unpaired) electrons. The summed E-state index contributed by atoms with van der Waals surface area (Å²) in [5.74, 6) is 4.81. The maximum atomic E-state index is 12.1. The van der Waals surface area contributed by atoms with Gasteiger partial charge in [0.05, 0.1) is 6.54 Å². The molecule has 0 saturated carbocycles. The van der Waals surface area contributed by atoms with Crippen molar-refractivity contribution in [1.29, 1.82) is 0 Å². The molecular weight excluding hydrogens is 350 g/mol. The molecule has 0 atom stereocenters. The summed E-state index contributed by atoms with van der Waals surface area (Å²) in [5.41, 5.74) is 2.20. The number of hydrogen-bond donors (Lipinski definition) is 4. The molecule has 0 aromatic carbocycles. The minimum atomic E-state index is -3.89. The topological polar surface area (TPSA) is 126 Å². The first-order valence-electron chi connectivity index (χ1n) is 5.79. The van der Waals surface area contributed by atoms with Crippen LogP contribution in [0.4, 0.5) is 5.82 Å². The Balaban J connectivity index is 2.84. The van der Waals surface area contributed by atoms with Crippen LogP contribution in [0.25, 0.3) is 0 Å². The van der Waals surface area contributed by atoms with Crippen LogP contribution in [0.15, 0.2) is 21.6 Å². The molecule has 1 amide bonds. The molecule has 0 aliphatic rings. The zero-order valence-corrected chi connectivity index (χ0v) is 13.2. The van der Waals surface area contributed by atoms with E-state index in [1.165, 1.54) is 12.3 Å². The number of carbonyl (C=O) groups is 1. The molecule has 0 fully saturated rings. The van der Waals surface area contributed by atoms with Gasteiger partial charge in [0.1, 0.15) is 4.90 Å². The highest BCUT2D eigenvalue weighted by atomic mass is 79.9. The number of halogens is 1. The third-order valence-electron chi connectivity index (χ3n) is 2.24. The number of hydrogen-bond acceptors (Lipinski definition) is 6. The van der Waals surface area contributed by atoms with Gasteiger partial charge in [0.2, 0.25) is 15.9 Å². The fourth-order valence-electron chi connectivity index (χ4n) is 1.30. The second kappa shape index (κ2) is 7.53. The fraction of sp³-hybridized carbons (Fsp3) is 0.400. The summed E-state index contributed by atoms with van der Waals surface area (Å²) in [6, 6.07) is 1.34. The fourth-order valence-corrected chi connectivity index (χ4v) is 2.91. The number of pyridine rings is 1. The van der Waals surface area contributed by atoms with Gasteiger partial charge in [-0.1, -0.05) is 6.92 Å². The predicted octanol–water partition coefficient (Wildman–Crippen LogP) is -0.0658. The van der Waals surface area contributed by atoms with E-state index in [1.54, 1.807) is 0 Å². The van der Waals surface area contributed by atoms with E-state index in [9.17, 15) is 13.2 Å². The van der Waals surface area contributed by atoms with Gasteiger partial charge in [-0.2, -0.15) is 0 Å². The van der Waals surface area contributed by atoms with Gasteiger partial charge >= 0.3 is 0 Å². The van der Waals surface area contributed by atoms with E-state index in [0.717, 1.165) is 6.42 Å². The normalized spacial score (nSPS) is 11.2. The monoisotopic (exact) mass is 365 g/mol. The zero-order valence-electron chi connectivity index (χ0n) is 10.8. The van der Waals surface area contributed by atoms with Gasteiger partial charge in [-0.25, -0.2) is 24.0 Å². The molecule has 10 heteroatoms. The van der Waals surface area contributed by atoms with Crippen molar-refractivity contribution < 1.29 is 13.2 Å². The predicted molar refractivity (Wildman–Crippen MR) is 78.2 cm³/mol. The minimum Gasteiger partial charge on any atom is -0.355 e. The smallest absolute Gasteiger partial charge is 0.244 e. The maximum Gasteiger partial charge on any atom is 0.244 e. The summed E-state index contributed by atoms with van der Waals surface area (Å²) in [5, 5.41) is 2.57. The number of nitrogen functional groups attached to an aromatic ring is 1. The van der Waals surface area contributed by atoms with Crippen LogP contribution in [0.5, 0.6) is 0 Å². The number of carbonyl (C=O) groups excluding carboxylic acids is 1. The first-order valence-corrected chi connectivity index (χ1v) is 8.07. The molecule has 0 spiro atoms. The van der Waals surface area contributed by atoms with Crippen molar-refractivity contribution in [3.8, 4) is 0 Å². The van der Waals surface area contributed by atoms with Crippen molar-refractivity contribution in [2.24, 2.45) is 5.84 Å². The highest BCUT2D eigenvalue weighted by molar-refractivity contribution is 9.10. The molecule has 0 saturated heterocycles. The highest BCUT2D eigenvalue weighted by Gasteiger charge is 2.20. The van der Waals surface area contributed by atoms with Gasteiger partial charge in [0.15, 0.2) is 5.82 Å². The molecule has 20 heavy (non-hydrogen) atoms. The molecule has 1 aromatic rings. The van der Waals surface area contributed by atoms with Gasteiger partial charge in [-0.15, -0.1) is 0 Å². The van der Waals surface area contributed by atoms with E-state index in [0.29, 0.717) is 11.0 Å². The minimum absolute atomic E-state index is 0.00494. The van der Waals surface area contributed by atoms with Crippen LogP contribution < -0.4 is 21.3 Å². The summed E-state index contributed by atoms with van der Waals surface area (Å²) < 4.78 is 26.9. The Hall–Kier alpha value is -1.23. The van der Waals surface area contributed by atoms with Gasteiger partial charge in [-0.05, 0) is 28.4 Å². The van der Waals surface area contributed by atoms with E-state index >= 15 is 0 Å². The Morgan fingerprint density at radius 3 is 2.80 bits per heavy atom. The van der Waals surface area contributed by atoms with Crippen molar-refractivity contribution >= 4 is 37.7 Å². The first kappa shape index (κ1) is 16.8. The average molecular weight is 366 g/mol. The second-order valence-corrected chi connectivity index (χ2v) is 6.47. The lowest BCUT2D eigenvalue weighted by molar-refractivity contribution is -0.119. The highest BCUT2D eigenvalue weighted by Crippen LogP contribution is 2.21. The molecule has 1 rings (SSSR count). The number of rotatable bonds is 7. The Morgan fingerprint density at radius 1 is 1.50 bits per heavy atom. The van der Waals surface area contributed by atoms with Crippen molar-refractivity contribution in [2.75, 3.05) is 18.5 Å². The van der Waals surface area contributed by atoms with Gasteiger partial charge in [0, 0.05) is 17.2 Å². The Labute approximate surface area is 125 Å². The Kier molecular flexibility index (Phi) is 6.33. The van der Waals surface area contributed by atoms with Crippen LogP contribution >= 0.6 is 15.9 Å². The van der Waals surface area contributed by atoms with Crippen LogP contribution in [0.2, 0.25) is 0 Å². The van der Waals surface area contributed by atoms with Crippen LogP contribution in [0.3, 0.4) is 0 Å². The number of hydrazine groups is 1. The van der Waals surface area contributed by atoms with Crippen LogP contribution in [0.1, 0.15) is 13.3 Å². The summed E-state index contributed by atoms with van der Waals surface area (Å²) in [7, 11) is -3.89. The lowest BCUT2D eigenvalue weighted by atomic mass is 10.4. The number of nitrogens with zero attached hydrogens (tertiary/aromatic N) is 1. The summed E-state index contributed by atoms with van der Waals surface area (Å²) in [6.07, 6.45) is 2.18. The molecule has 1 heterocycles. The average Bonchev–Trinajstić information content (AvgIpc) is 2.43. The number of nitrogens with two attached hydrogens (primary N) is 1. The number of nitrogens with one attached hydrogen (secondary N) is 3. The van der Waals surface area contributed by atoms with Crippen LogP contribution in [0, 0.1) is 0 Å². The number of anilines is 1. The second-order valence-electron chi connectivity index (χ2n) is 3.82. The van der Waals surface area contributed by atoms with Crippen molar-refractivity contribution in [2.45, 2.75) is 18.2 Å². The lowest BCUT2D eigenvalue weighted by Crippen LogP contribution is -2.37. The molecular formula is C10H16BrN5O3S. The Bertz CT molecular complexity index is 578. The van der Waals surface area contributed by atoms with Gasteiger partial charge < -0.3 is 10.7 Å². The first-order chi connectivity index (χ1) is 9.40. The van der Waals surface area contributed by atoms with E-state index in [2.05, 4.69) is 36.4 Å². The molecule has 0 aliphatic carbocycles. The summed E-state index contributed by atoms with van der Waals surface area (Å²) in [6.45, 7) is 2.05. The number of amides is 1. The van der Waals surface area contributed by atoms with E-state index in [1.807, 2.05) is 6.92 Å². The largest absolute Gasteiger partial charge is 0.355 e. The number of aromatic nitrogens is 1.